The smallest absolute Gasteiger partial charge is 0.244 e. The molecular weight excluding hydrogens is 412 g/mol. The Balaban J connectivity index is 1.82. The summed E-state index contributed by atoms with van der Waals surface area (Å²) in [7, 11) is -7.71. The zero-order valence-corrected chi connectivity index (χ0v) is 16.4. The zero-order valence-electron chi connectivity index (χ0n) is 14.0. The molecule has 0 unspecified atom stereocenters. The maximum atomic E-state index is 12.9. The topological polar surface area (TPSA) is 111 Å². The minimum Gasteiger partial charge on any atom is -0.263 e. The lowest BCUT2D eigenvalue weighted by Crippen LogP contribution is -2.50. The fourth-order valence-corrected chi connectivity index (χ4v) is 5.95. The zero-order chi connectivity index (χ0) is 19.7. The first kappa shape index (κ1) is 19.7. The number of benzene rings is 1. The van der Waals surface area contributed by atoms with Crippen LogP contribution in [0.15, 0.2) is 52.5 Å². The van der Waals surface area contributed by atoms with Gasteiger partial charge in [0.25, 0.3) is 0 Å². The molecule has 0 bridgehead atoms. The summed E-state index contributed by atoms with van der Waals surface area (Å²) >= 11 is 5.88. The average Bonchev–Trinajstić information content (AvgIpc) is 2.68. The molecule has 1 aromatic heterocycles. The van der Waals surface area contributed by atoms with Crippen LogP contribution in [0.5, 0.6) is 0 Å². The number of piperazine rings is 1. The Morgan fingerprint density at radius 2 is 1.63 bits per heavy atom. The molecule has 0 aliphatic carbocycles. The van der Waals surface area contributed by atoms with E-state index in [4.69, 9.17) is 11.6 Å². The van der Waals surface area contributed by atoms with Gasteiger partial charge in [-0.1, -0.05) is 11.6 Å². The van der Waals surface area contributed by atoms with E-state index in [1.165, 1.54) is 47.0 Å². The largest absolute Gasteiger partial charge is 0.263 e. The first-order valence-corrected chi connectivity index (χ1v) is 11.1. The van der Waals surface area contributed by atoms with E-state index < -0.39 is 20.0 Å². The van der Waals surface area contributed by atoms with Gasteiger partial charge >= 0.3 is 0 Å². The number of nitriles is 1. The molecule has 142 valence electrons. The maximum absolute atomic E-state index is 12.9. The third-order valence-corrected chi connectivity index (χ3v) is 8.21. The van der Waals surface area contributed by atoms with E-state index >= 15 is 0 Å². The third kappa shape index (κ3) is 3.83. The summed E-state index contributed by atoms with van der Waals surface area (Å²) < 4.78 is 53.4. The lowest BCUT2D eigenvalue weighted by atomic mass is 10.2. The number of sulfonamides is 2. The van der Waals surface area contributed by atoms with Crippen LogP contribution in [-0.4, -0.2) is 56.6 Å². The number of hydrogen-bond acceptors (Lipinski definition) is 6. The van der Waals surface area contributed by atoms with Gasteiger partial charge in [0, 0.05) is 43.6 Å². The number of halogens is 1. The Hall–Kier alpha value is -2.03. The van der Waals surface area contributed by atoms with Gasteiger partial charge in [0.1, 0.15) is 15.9 Å². The predicted octanol–water partition coefficient (Wildman–Crippen LogP) is 1.30. The number of hydrogen-bond donors (Lipinski definition) is 0. The van der Waals surface area contributed by atoms with Crippen molar-refractivity contribution in [3.63, 3.8) is 0 Å². The van der Waals surface area contributed by atoms with E-state index in [-0.39, 0.29) is 46.6 Å². The first-order chi connectivity index (χ1) is 12.8. The van der Waals surface area contributed by atoms with Crippen LogP contribution in [0.25, 0.3) is 0 Å². The van der Waals surface area contributed by atoms with Crippen LogP contribution in [0.1, 0.15) is 5.56 Å². The summed E-state index contributed by atoms with van der Waals surface area (Å²) in [6.45, 7) is -0.0593. The third-order valence-electron chi connectivity index (χ3n) is 4.15. The lowest BCUT2D eigenvalue weighted by molar-refractivity contribution is 0.272. The lowest BCUT2D eigenvalue weighted by Gasteiger charge is -2.33. The second-order valence-corrected chi connectivity index (χ2v) is 10.0. The van der Waals surface area contributed by atoms with Gasteiger partial charge in [-0.25, -0.2) is 16.8 Å². The summed E-state index contributed by atoms with van der Waals surface area (Å²) in [5.74, 6) is 0. The molecule has 0 radical (unpaired) electrons. The Labute approximate surface area is 162 Å². The number of aromatic nitrogens is 1. The summed E-state index contributed by atoms with van der Waals surface area (Å²) in [4.78, 5) is 3.69. The normalized spacial score (nSPS) is 16.7. The van der Waals surface area contributed by atoms with E-state index in [1.807, 2.05) is 6.07 Å². The van der Waals surface area contributed by atoms with Crippen molar-refractivity contribution in [1.82, 2.24) is 13.6 Å². The van der Waals surface area contributed by atoms with Crippen molar-refractivity contribution in [2.45, 2.75) is 9.79 Å². The van der Waals surface area contributed by atoms with Gasteiger partial charge in [-0.3, -0.25) is 4.98 Å². The molecule has 0 spiro atoms. The summed E-state index contributed by atoms with van der Waals surface area (Å²) in [5, 5.41) is 9.38. The van der Waals surface area contributed by atoms with Gasteiger partial charge in [0.05, 0.1) is 5.56 Å². The average molecular weight is 427 g/mol. The minimum atomic E-state index is -3.97. The molecule has 0 atom stereocenters. The van der Waals surface area contributed by atoms with Gasteiger partial charge in [-0.2, -0.15) is 13.9 Å². The molecule has 11 heteroatoms. The Bertz CT molecular complexity index is 1090. The molecule has 1 aliphatic rings. The Kier molecular flexibility index (Phi) is 5.50. The number of nitrogens with zero attached hydrogens (tertiary/aromatic N) is 4. The van der Waals surface area contributed by atoms with E-state index in [0.29, 0.717) is 0 Å². The fourth-order valence-electron chi connectivity index (χ4n) is 2.74. The Morgan fingerprint density at radius 1 is 1.00 bits per heavy atom. The van der Waals surface area contributed by atoms with E-state index in [9.17, 15) is 22.1 Å². The highest BCUT2D eigenvalue weighted by molar-refractivity contribution is 7.89. The van der Waals surface area contributed by atoms with E-state index in [0.717, 1.165) is 4.31 Å². The SMILES string of the molecule is N#Cc1ccc(Cl)cc1S(=O)(=O)N1CCN(S(=O)(=O)c2cccnc2)CC1. The Morgan fingerprint density at radius 3 is 2.19 bits per heavy atom. The molecule has 3 rings (SSSR count). The molecule has 1 aliphatic heterocycles. The van der Waals surface area contributed by atoms with Crippen LogP contribution in [0.4, 0.5) is 0 Å². The quantitative estimate of drug-likeness (QED) is 0.728. The van der Waals surface area contributed by atoms with Crippen molar-refractivity contribution in [3.8, 4) is 6.07 Å². The highest BCUT2D eigenvalue weighted by Gasteiger charge is 2.34. The van der Waals surface area contributed by atoms with Crippen LogP contribution < -0.4 is 0 Å². The van der Waals surface area contributed by atoms with Crippen LogP contribution in [-0.2, 0) is 20.0 Å². The van der Waals surface area contributed by atoms with E-state index in [1.54, 1.807) is 0 Å². The van der Waals surface area contributed by atoms with Gasteiger partial charge < -0.3 is 0 Å². The molecule has 0 saturated carbocycles. The van der Waals surface area contributed by atoms with E-state index in [2.05, 4.69) is 4.98 Å². The van der Waals surface area contributed by atoms with Gasteiger partial charge in [-0.15, -0.1) is 0 Å². The highest BCUT2D eigenvalue weighted by Crippen LogP contribution is 2.25. The number of pyridine rings is 1. The monoisotopic (exact) mass is 426 g/mol. The molecular formula is C16H15ClN4O4S2. The van der Waals surface area contributed by atoms with Crippen LogP contribution >= 0.6 is 11.6 Å². The van der Waals surface area contributed by atoms with Gasteiger partial charge in [0.2, 0.25) is 20.0 Å². The summed E-state index contributed by atoms with van der Waals surface area (Å²) in [5.41, 5.74) is -0.00943. The van der Waals surface area contributed by atoms with Crippen LogP contribution in [0.3, 0.4) is 0 Å². The first-order valence-electron chi connectivity index (χ1n) is 7.87. The van der Waals surface area contributed by atoms with Gasteiger partial charge in [0.15, 0.2) is 0 Å². The van der Waals surface area contributed by atoms with Crippen molar-refractivity contribution in [2.24, 2.45) is 0 Å². The predicted molar refractivity (Wildman–Crippen MR) is 97.9 cm³/mol. The molecule has 8 nitrogen and oxygen atoms in total. The van der Waals surface area contributed by atoms with Crippen molar-refractivity contribution in [2.75, 3.05) is 26.2 Å². The standard InChI is InChI=1S/C16H15ClN4O4S2/c17-14-4-3-13(11-18)16(10-14)27(24,25)21-8-6-20(7-9-21)26(22,23)15-2-1-5-19-12-15/h1-5,10,12H,6-9H2. The fraction of sp³-hybridized carbons (Fsp3) is 0.250. The maximum Gasteiger partial charge on any atom is 0.244 e. The second-order valence-electron chi connectivity index (χ2n) is 5.75. The second kappa shape index (κ2) is 7.53. The molecule has 2 heterocycles. The molecule has 1 saturated heterocycles. The van der Waals surface area contributed by atoms with Crippen LogP contribution in [0, 0.1) is 11.3 Å². The van der Waals surface area contributed by atoms with Crippen molar-refractivity contribution >= 4 is 31.6 Å². The van der Waals surface area contributed by atoms with Crippen molar-refractivity contribution < 1.29 is 16.8 Å². The van der Waals surface area contributed by atoms with Gasteiger partial charge in [-0.05, 0) is 30.3 Å². The molecule has 2 aromatic rings. The molecule has 1 aromatic carbocycles. The summed E-state index contributed by atoms with van der Waals surface area (Å²) in [6, 6.07) is 8.83. The molecule has 0 N–H and O–H groups in total. The molecule has 0 amide bonds. The van der Waals surface area contributed by atoms with Crippen molar-refractivity contribution in [1.29, 1.82) is 5.26 Å². The molecule has 27 heavy (non-hydrogen) atoms. The highest BCUT2D eigenvalue weighted by atomic mass is 35.5. The minimum absolute atomic E-state index is 0.00108. The van der Waals surface area contributed by atoms with Crippen LogP contribution in [0.2, 0.25) is 5.02 Å². The number of rotatable bonds is 4. The summed E-state index contributed by atoms with van der Waals surface area (Å²) in [6.07, 6.45) is 2.73. The molecule has 1 fully saturated rings. The van der Waals surface area contributed by atoms with Crippen molar-refractivity contribution in [3.05, 3.63) is 53.3 Å².